The summed E-state index contributed by atoms with van der Waals surface area (Å²) in [5.41, 5.74) is 2.03. The molecule has 0 amide bonds. The van der Waals surface area contributed by atoms with Gasteiger partial charge in [-0.15, -0.1) is 0 Å². The molecule has 4 aromatic rings. The minimum Gasteiger partial charge on any atom is -0.502 e. The molecule has 144 valence electrons. The Morgan fingerprint density at radius 3 is 2.72 bits per heavy atom. The molecule has 0 aliphatic carbocycles. The molecule has 0 radical (unpaired) electrons. The average Bonchev–Trinajstić information content (AvgIpc) is 3.12. The second kappa shape index (κ2) is 7.54. The van der Waals surface area contributed by atoms with Gasteiger partial charge >= 0.3 is 5.69 Å². The Bertz CT molecular complexity index is 1280. The third-order valence-corrected chi connectivity index (χ3v) is 4.97. The van der Waals surface area contributed by atoms with Crippen LogP contribution in [0.1, 0.15) is 5.56 Å². The molecule has 3 aromatic carbocycles. The highest BCUT2D eigenvalue weighted by Gasteiger charge is 2.16. The van der Waals surface area contributed by atoms with Crippen LogP contribution in [0.15, 0.2) is 64.0 Å². The van der Waals surface area contributed by atoms with Crippen LogP contribution in [0.3, 0.4) is 0 Å². The minimum atomic E-state index is -0.656. The zero-order valence-corrected chi connectivity index (χ0v) is 16.1. The molecule has 0 fully saturated rings. The van der Waals surface area contributed by atoms with Crippen LogP contribution in [0.2, 0.25) is 10.0 Å². The summed E-state index contributed by atoms with van der Waals surface area (Å²) in [6.45, 7) is 0. The summed E-state index contributed by atoms with van der Waals surface area (Å²) in [4.78, 5) is 19.0. The molecule has 9 heteroatoms. The highest BCUT2D eigenvalue weighted by atomic mass is 35.5. The lowest BCUT2D eigenvalue weighted by Gasteiger charge is -2.00. The third-order valence-electron chi connectivity index (χ3n) is 4.15. The molecule has 1 heterocycles. The standard InChI is InChI=1S/C20H11Cl2N3O4/c21-14-5-2-4-13(18(14)22)20-24-15-9-12(7-8-17(15)29-20)23-10-11-3-1-6-16(19(11)26)25(27)28/h1-10,26H. The monoisotopic (exact) mass is 427 g/mol. The maximum absolute atomic E-state index is 10.9. The summed E-state index contributed by atoms with van der Waals surface area (Å²) in [5, 5.41) is 21.7. The minimum absolute atomic E-state index is 0.228. The Morgan fingerprint density at radius 2 is 1.93 bits per heavy atom. The van der Waals surface area contributed by atoms with Crippen molar-refractivity contribution in [3.63, 3.8) is 0 Å². The van der Waals surface area contributed by atoms with E-state index < -0.39 is 10.7 Å². The van der Waals surface area contributed by atoms with Crippen molar-refractivity contribution < 1.29 is 14.4 Å². The smallest absolute Gasteiger partial charge is 0.311 e. The van der Waals surface area contributed by atoms with Gasteiger partial charge in [0, 0.05) is 17.8 Å². The molecule has 0 spiro atoms. The number of oxazole rings is 1. The van der Waals surface area contributed by atoms with E-state index in [9.17, 15) is 15.2 Å². The van der Waals surface area contributed by atoms with Crippen molar-refractivity contribution in [2.75, 3.05) is 0 Å². The molecule has 0 aliphatic rings. The number of rotatable bonds is 4. The van der Waals surface area contributed by atoms with E-state index >= 15 is 0 Å². The van der Waals surface area contributed by atoms with E-state index in [-0.39, 0.29) is 11.3 Å². The van der Waals surface area contributed by atoms with Crippen molar-refractivity contribution in [3.8, 4) is 17.2 Å². The predicted molar refractivity (Wildman–Crippen MR) is 111 cm³/mol. The van der Waals surface area contributed by atoms with Crippen molar-refractivity contribution in [1.29, 1.82) is 0 Å². The van der Waals surface area contributed by atoms with Gasteiger partial charge in [-0.3, -0.25) is 15.1 Å². The van der Waals surface area contributed by atoms with Gasteiger partial charge in [-0.1, -0.05) is 35.3 Å². The molecule has 7 nitrogen and oxygen atoms in total. The summed E-state index contributed by atoms with van der Waals surface area (Å²) in [5.74, 6) is -0.119. The van der Waals surface area contributed by atoms with Gasteiger partial charge in [-0.05, 0) is 36.4 Å². The summed E-state index contributed by atoms with van der Waals surface area (Å²) in [6, 6.07) is 14.5. The van der Waals surface area contributed by atoms with Crippen LogP contribution in [0, 0.1) is 10.1 Å². The largest absolute Gasteiger partial charge is 0.502 e. The molecule has 0 aliphatic heterocycles. The third kappa shape index (κ3) is 3.65. The molecule has 4 rings (SSSR count). The van der Waals surface area contributed by atoms with Crippen LogP contribution in [-0.2, 0) is 0 Å². The molecule has 29 heavy (non-hydrogen) atoms. The van der Waals surface area contributed by atoms with Gasteiger partial charge < -0.3 is 9.52 Å². The second-order valence-electron chi connectivity index (χ2n) is 6.00. The highest BCUT2D eigenvalue weighted by molar-refractivity contribution is 6.43. The van der Waals surface area contributed by atoms with Gasteiger partial charge in [0.25, 0.3) is 0 Å². The normalized spacial score (nSPS) is 11.4. The zero-order chi connectivity index (χ0) is 20.5. The van der Waals surface area contributed by atoms with E-state index in [4.69, 9.17) is 27.6 Å². The van der Waals surface area contributed by atoms with E-state index in [2.05, 4.69) is 9.98 Å². The van der Waals surface area contributed by atoms with Gasteiger partial charge in [-0.25, -0.2) is 4.98 Å². The van der Waals surface area contributed by atoms with Crippen LogP contribution >= 0.6 is 23.2 Å². The highest BCUT2D eigenvalue weighted by Crippen LogP contribution is 2.35. The first-order valence-electron chi connectivity index (χ1n) is 8.29. The molecule has 0 unspecified atom stereocenters. The fourth-order valence-corrected chi connectivity index (χ4v) is 3.11. The first kappa shape index (κ1) is 18.9. The number of hydrogen-bond acceptors (Lipinski definition) is 6. The molecule has 1 N–H and O–H groups in total. The number of hydrogen-bond donors (Lipinski definition) is 1. The number of nitro benzene ring substituents is 1. The number of nitro groups is 1. The topological polar surface area (TPSA) is 102 Å². The number of aliphatic imine (C=N–C) groups is 1. The first-order chi connectivity index (χ1) is 13.9. The lowest BCUT2D eigenvalue weighted by molar-refractivity contribution is -0.385. The van der Waals surface area contributed by atoms with Crippen LogP contribution in [0.4, 0.5) is 11.4 Å². The van der Waals surface area contributed by atoms with Crippen molar-refractivity contribution in [3.05, 3.63) is 80.3 Å². The predicted octanol–water partition coefficient (Wildman–Crippen LogP) is 6.17. The number of phenols is 1. The van der Waals surface area contributed by atoms with Crippen molar-refractivity contribution in [1.82, 2.24) is 4.98 Å². The Morgan fingerprint density at radius 1 is 1.14 bits per heavy atom. The average molecular weight is 428 g/mol. The van der Waals surface area contributed by atoms with Gasteiger partial charge in [0.2, 0.25) is 11.6 Å². The quantitative estimate of drug-likeness (QED) is 0.238. The number of phenolic OH excluding ortho intramolecular Hbond substituents is 1. The number of halogens is 2. The van der Waals surface area contributed by atoms with E-state index in [1.807, 2.05) is 0 Å². The Kier molecular flexibility index (Phi) is 4.92. The lowest BCUT2D eigenvalue weighted by Crippen LogP contribution is -1.91. The van der Waals surface area contributed by atoms with Gasteiger partial charge in [-0.2, -0.15) is 0 Å². The fraction of sp³-hybridized carbons (Fsp3) is 0. The number of aromatic nitrogens is 1. The molecule has 0 bridgehead atoms. The summed E-state index contributed by atoms with van der Waals surface area (Å²) < 4.78 is 5.75. The molecular weight excluding hydrogens is 417 g/mol. The molecule has 0 saturated heterocycles. The Balaban J connectivity index is 1.68. The van der Waals surface area contributed by atoms with Crippen LogP contribution < -0.4 is 0 Å². The van der Waals surface area contributed by atoms with Crippen molar-refractivity contribution in [2.24, 2.45) is 4.99 Å². The molecule has 0 saturated carbocycles. The van der Waals surface area contributed by atoms with Gasteiger partial charge in [0.1, 0.15) is 5.52 Å². The van der Waals surface area contributed by atoms with Crippen LogP contribution in [-0.4, -0.2) is 21.2 Å². The van der Waals surface area contributed by atoms with Gasteiger partial charge in [0.15, 0.2) is 5.58 Å². The SMILES string of the molecule is O=[N+]([O-])c1cccc(C=Nc2ccc3oc(-c4cccc(Cl)c4Cl)nc3c2)c1O. The number of aromatic hydroxyl groups is 1. The maximum atomic E-state index is 10.9. The molecular formula is C20H11Cl2N3O4. The van der Waals surface area contributed by atoms with Crippen LogP contribution in [0.5, 0.6) is 5.75 Å². The summed E-state index contributed by atoms with van der Waals surface area (Å²) in [6.07, 6.45) is 1.35. The number of nitrogens with zero attached hydrogens (tertiary/aromatic N) is 3. The van der Waals surface area contributed by atoms with Crippen molar-refractivity contribution in [2.45, 2.75) is 0 Å². The first-order valence-corrected chi connectivity index (χ1v) is 9.05. The Hall–Kier alpha value is -3.42. The van der Waals surface area contributed by atoms with E-state index in [1.165, 1.54) is 24.4 Å². The van der Waals surface area contributed by atoms with Crippen LogP contribution in [0.25, 0.3) is 22.6 Å². The van der Waals surface area contributed by atoms with E-state index in [1.54, 1.807) is 36.4 Å². The van der Waals surface area contributed by atoms with Crippen molar-refractivity contribution >= 4 is 51.9 Å². The Labute approximate surface area is 174 Å². The van der Waals surface area contributed by atoms with Gasteiger partial charge in [0.05, 0.1) is 26.2 Å². The summed E-state index contributed by atoms with van der Waals surface area (Å²) >= 11 is 12.3. The fourth-order valence-electron chi connectivity index (χ4n) is 2.72. The molecule has 0 atom stereocenters. The second-order valence-corrected chi connectivity index (χ2v) is 6.79. The number of benzene rings is 3. The maximum Gasteiger partial charge on any atom is 0.311 e. The summed E-state index contributed by atoms with van der Waals surface area (Å²) in [7, 11) is 0. The van der Waals surface area contributed by atoms with E-state index in [0.29, 0.717) is 38.3 Å². The number of para-hydroxylation sites is 1. The zero-order valence-electron chi connectivity index (χ0n) is 14.5. The lowest BCUT2D eigenvalue weighted by atomic mass is 10.2. The van der Waals surface area contributed by atoms with E-state index in [0.717, 1.165) is 0 Å². The molecule has 1 aromatic heterocycles. The number of fused-ring (bicyclic) bond motifs is 1.